The van der Waals surface area contributed by atoms with Gasteiger partial charge >= 0.3 is 0 Å². The Balaban J connectivity index is 1.65. The second kappa shape index (κ2) is 7.04. The number of aryl methyl sites for hydroxylation is 1. The predicted molar refractivity (Wildman–Crippen MR) is 98.3 cm³/mol. The molecule has 4 nitrogen and oxygen atoms in total. The summed E-state index contributed by atoms with van der Waals surface area (Å²) in [6.07, 6.45) is 3.94. The number of fused-ring (bicyclic) bond motifs is 1. The number of nitrogens with zero attached hydrogens (tertiary/aromatic N) is 3. The average molecular weight is 323 g/mol. The molecule has 1 aromatic heterocycles. The molecule has 3 rings (SSSR count). The van der Waals surface area contributed by atoms with E-state index in [1.54, 1.807) is 0 Å². The number of hydrogen-bond acceptors (Lipinski definition) is 3. The maximum atomic E-state index is 6.08. The van der Waals surface area contributed by atoms with Crippen molar-refractivity contribution in [3.63, 3.8) is 0 Å². The van der Waals surface area contributed by atoms with Crippen molar-refractivity contribution in [3.05, 3.63) is 53.2 Å². The number of benzene rings is 1. The second-order valence-electron chi connectivity index (χ2n) is 6.67. The molecule has 0 N–H and O–H groups in total. The molecule has 0 unspecified atom stereocenters. The molecule has 126 valence electrons. The van der Waals surface area contributed by atoms with Gasteiger partial charge in [-0.2, -0.15) is 0 Å². The molecule has 0 saturated carbocycles. The van der Waals surface area contributed by atoms with Crippen LogP contribution in [0, 0.1) is 6.92 Å². The number of pyridine rings is 1. The van der Waals surface area contributed by atoms with Crippen molar-refractivity contribution in [2.75, 3.05) is 7.05 Å². The van der Waals surface area contributed by atoms with Gasteiger partial charge in [-0.1, -0.05) is 24.3 Å². The first kappa shape index (κ1) is 16.5. The quantitative estimate of drug-likeness (QED) is 0.618. The summed E-state index contributed by atoms with van der Waals surface area (Å²) in [5, 5.41) is 0. The van der Waals surface area contributed by atoms with Gasteiger partial charge in [0, 0.05) is 32.0 Å². The summed E-state index contributed by atoms with van der Waals surface area (Å²) >= 11 is 0. The van der Waals surface area contributed by atoms with Gasteiger partial charge in [0.2, 0.25) is 5.88 Å². The third-order valence-corrected chi connectivity index (χ3v) is 4.53. The summed E-state index contributed by atoms with van der Waals surface area (Å²) in [5.41, 5.74) is 4.54. The van der Waals surface area contributed by atoms with E-state index in [-0.39, 0.29) is 6.10 Å². The number of ether oxygens (including phenoxy) is 1. The molecule has 0 saturated heterocycles. The molecule has 24 heavy (non-hydrogen) atoms. The van der Waals surface area contributed by atoms with Gasteiger partial charge in [0.25, 0.3) is 0 Å². The highest BCUT2D eigenvalue weighted by molar-refractivity contribution is 5.62. The average Bonchev–Trinajstić information content (AvgIpc) is 2.95. The Morgan fingerprint density at radius 1 is 1.17 bits per heavy atom. The first-order valence-electron chi connectivity index (χ1n) is 8.50. The van der Waals surface area contributed by atoms with Crippen LogP contribution >= 0.6 is 0 Å². The molecule has 0 atom stereocenters. The normalized spacial score (nSPS) is 14.4. The molecule has 1 aromatic carbocycles. The lowest BCUT2D eigenvalue weighted by molar-refractivity contribution is 0.205. The smallest absolute Gasteiger partial charge is 0.213 e. The summed E-state index contributed by atoms with van der Waals surface area (Å²) in [7, 11) is 2.02. The summed E-state index contributed by atoms with van der Waals surface area (Å²) < 4.78 is 6.08. The predicted octanol–water partition coefficient (Wildman–Crippen LogP) is 3.94. The maximum absolute atomic E-state index is 6.08. The van der Waals surface area contributed by atoms with Crippen LogP contribution in [0.5, 0.6) is 5.88 Å². The third kappa shape index (κ3) is 3.75. The Bertz CT molecular complexity index is 714. The van der Waals surface area contributed by atoms with Crippen LogP contribution in [0.1, 0.15) is 30.7 Å². The van der Waals surface area contributed by atoms with E-state index in [1.807, 2.05) is 32.4 Å². The number of aromatic nitrogens is 1. The monoisotopic (exact) mass is 323 g/mol. The summed E-state index contributed by atoms with van der Waals surface area (Å²) in [6.45, 7) is 6.24. The molecule has 1 aliphatic rings. The van der Waals surface area contributed by atoms with Crippen molar-refractivity contribution in [3.8, 4) is 5.88 Å². The van der Waals surface area contributed by atoms with Crippen molar-refractivity contribution >= 4 is 12.0 Å². The second-order valence-corrected chi connectivity index (χ2v) is 6.67. The van der Waals surface area contributed by atoms with Gasteiger partial charge in [-0.15, -0.1) is 0 Å². The molecule has 0 amide bonds. The van der Waals surface area contributed by atoms with Crippen LogP contribution in [0.3, 0.4) is 0 Å². The van der Waals surface area contributed by atoms with E-state index in [2.05, 4.69) is 53.0 Å². The molecule has 0 aliphatic heterocycles. The highest BCUT2D eigenvalue weighted by Crippen LogP contribution is 2.26. The third-order valence-electron chi connectivity index (χ3n) is 4.53. The first-order valence-corrected chi connectivity index (χ1v) is 8.50. The van der Waals surface area contributed by atoms with Gasteiger partial charge in [0.15, 0.2) is 0 Å². The van der Waals surface area contributed by atoms with Crippen LogP contribution in [-0.4, -0.2) is 35.4 Å². The molecule has 0 fully saturated rings. The molecule has 4 heteroatoms. The molecule has 1 heterocycles. The zero-order valence-electron chi connectivity index (χ0n) is 14.9. The van der Waals surface area contributed by atoms with Crippen molar-refractivity contribution in [2.24, 2.45) is 4.99 Å². The lowest BCUT2D eigenvalue weighted by Crippen LogP contribution is -2.24. The van der Waals surface area contributed by atoms with Crippen molar-refractivity contribution in [2.45, 2.75) is 45.8 Å². The van der Waals surface area contributed by atoms with E-state index in [1.165, 1.54) is 11.1 Å². The van der Waals surface area contributed by atoms with Crippen LogP contribution < -0.4 is 4.74 Å². The highest BCUT2D eigenvalue weighted by atomic mass is 16.5. The SMILES string of the molecule is Cc1nc(OC2Cc3ccccc3C2)ccc1/N=C/N(C)C(C)C. The fraction of sp³-hybridized carbons (Fsp3) is 0.400. The molecule has 0 spiro atoms. The first-order chi connectivity index (χ1) is 11.5. The zero-order valence-corrected chi connectivity index (χ0v) is 14.9. The fourth-order valence-electron chi connectivity index (χ4n) is 2.79. The molecule has 0 radical (unpaired) electrons. The topological polar surface area (TPSA) is 37.7 Å². The van der Waals surface area contributed by atoms with E-state index < -0.39 is 0 Å². The largest absolute Gasteiger partial charge is 0.474 e. The van der Waals surface area contributed by atoms with Crippen molar-refractivity contribution in [1.29, 1.82) is 0 Å². The van der Waals surface area contributed by atoms with Gasteiger partial charge in [-0.3, -0.25) is 0 Å². The molecular formula is C20H25N3O. The van der Waals surface area contributed by atoms with Gasteiger partial charge < -0.3 is 9.64 Å². The minimum absolute atomic E-state index is 0.177. The lowest BCUT2D eigenvalue weighted by atomic mass is 10.1. The van der Waals surface area contributed by atoms with E-state index in [4.69, 9.17) is 4.74 Å². The Hall–Kier alpha value is -2.36. The minimum atomic E-state index is 0.177. The zero-order chi connectivity index (χ0) is 17.1. The Morgan fingerprint density at radius 3 is 2.42 bits per heavy atom. The number of hydrogen-bond donors (Lipinski definition) is 0. The van der Waals surface area contributed by atoms with Gasteiger partial charge in [0.1, 0.15) is 6.10 Å². The summed E-state index contributed by atoms with van der Waals surface area (Å²) in [6, 6.07) is 12.9. The van der Waals surface area contributed by atoms with Gasteiger partial charge in [-0.25, -0.2) is 9.98 Å². The maximum Gasteiger partial charge on any atom is 0.213 e. The Labute approximate surface area is 144 Å². The van der Waals surface area contributed by atoms with Crippen molar-refractivity contribution in [1.82, 2.24) is 9.88 Å². The van der Waals surface area contributed by atoms with Crippen molar-refractivity contribution < 1.29 is 4.74 Å². The van der Waals surface area contributed by atoms with Gasteiger partial charge in [0.05, 0.1) is 17.7 Å². The standard InChI is InChI=1S/C20H25N3O/c1-14(2)23(4)13-21-19-9-10-20(22-15(19)3)24-18-11-16-7-5-6-8-17(16)12-18/h5-10,13-14,18H,11-12H2,1-4H3/b21-13+. The van der Waals surface area contributed by atoms with Crippen LogP contribution in [0.2, 0.25) is 0 Å². The highest BCUT2D eigenvalue weighted by Gasteiger charge is 2.22. The Morgan fingerprint density at radius 2 is 1.83 bits per heavy atom. The van der Waals surface area contributed by atoms with E-state index >= 15 is 0 Å². The molecular weight excluding hydrogens is 298 g/mol. The molecule has 0 bridgehead atoms. The van der Waals surface area contributed by atoms with Gasteiger partial charge in [-0.05, 0) is 38.0 Å². The lowest BCUT2D eigenvalue weighted by Gasteiger charge is -2.17. The Kier molecular flexibility index (Phi) is 4.84. The van der Waals surface area contributed by atoms with Crippen LogP contribution in [-0.2, 0) is 12.8 Å². The van der Waals surface area contributed by atoms with E-state index in [0.717, 1.165) is 24.2 Å². The summed E-state index contributed by atoms with van der Waals surface area (Å²) in [4.78, 5) is 11.2. The summed E-state index contributed by atoms with van der Waals surface area (Å²) in [5.74, 6) is 0.682. The fourth-order valence-corrected chi connectivity index (χ4v) is 2.79. The molecule has 1 aliphatic carbocycles. The number of aliphatic imine (C=N–C) groups is 1. The van der Waals surface area contributed by atoms with E-state index in [9.17, 15) is 0 Å². The van der Waals surface area contributed by atoms with Crippen LogP contribution in [0.25, 0.3) is 0 Å². The van der Waals surface area contributed by atoms with E-state index in [0.29, 0.717) is 11.9 Å². The molecule has 2 aromatic rings. The minimum Gasteiger partial charge on any atom is -0.474 e. The number of rotatable bonds is 5. The van der Waals surface area contributed by atoms with Crippen LogP contribution in [0.4, 0.5) is 5.69 Å². The van der Waals surface area contributed by atoms with Crippen LogP contribution in [0.15, 0.2) is 41.4 Å².